The number of hydrogen-bond acceptors (Lipinski definition) is 7. The Morgan fingerprint density at radius 3 is 2.96 bits per heavy atom. The number of nitrogens with one attached hydrogen (secondary N) is 2. The Morgan fingerprint density at radius 2 is 2.20 bits per heavy atom. The largest absolute Gasteiger partial charge is 0.376 e. The Labute approximate surface area is 152 Å². The molecule has 2 aromatic heterocycles. The van der Waals surface area contributed by atoms with Crippen LogP contribution >= 0.6 is 22.9 Å². The molecule has 2 N–H and O–H groups in total. The second kappa shape index (κ2) is 7.19. The maximum atomic E-state index is 12.8. The van der Waals surface area contributed by atoms with Crippen LogP contribution in [0.1, 0.15) is 50.5 Å². The normalized spacial score (nSPS) is 19.0. The summed E-state index contributed by atoms with van der Waals surface area (Å²) >= 11 is 2.62. The van der Waals surface area contributed by atoms with E-state index in [0.717, 1.165) is 55.8 Å². The zero-order valence-electron chi connectivity index (χ0n) is 13.5. The summed E-state index contributed by atoms with van der Waals surface area (Å²) < 4.78 is 9.27. The molecule has 25 heavy (non-hydrogen) atoms. The number of amides is 2. The van der Waals surface area contributed by atoms with E-state index in [-0.39, 0.29) is 23.6 Å². The van der Waals surface area contributed by atoms with Gasteiger partial charge in [0.05, 0.1) is 11.7 Å². The summed E-state index contributed by atoms with van der Waals surface area (Å²) in [6, 6.07) is 0. The molecule has 0 bridgehead atoms. The van der Waals surface area contributed by atoms with E-state index in [9.17, 15) is 9.59 Å². The highest BCUT2D eigenvalue weighted by molar-refractivity contribution is 7.17. The van der Waals surface area contributed by atoms with Crippen molar-refractivity contribution in [2.24, 2.45) is 0 Å². The molecule has 3 heterocycles. The summed E-state index contributed by atoms with van der Waals surface area (Å²) in [5, 5.41) is 11.8. The summed E-state index contributed by atoms with van der Waals surface area (Å²) in [5.74, 6) is -0.469. The molecule has 2 aromatic rings. The fourth-order valence-corrected chi connectivity index (χ4v) is 4.98. The Kier molecular flexibility index (Phi) is 4.78. The van der Waals surface area contributed by atoms with E-state index in [0.29, 0.717) is 17.1 Å². The average molecular weight is 378 g/mol. The van der Waals surface area contributed by atoms with E-state index < -0.39 is 0 Å². The number of hydrogen-bond donors (Lipinski definition) is 2. The molecular weight excluding hydrogens is 360 g/mol. The molecule has 1 atom stereocenters. The molecule has 0 radical (unpaired) electrons. The molecule has 0 spiro atoms. The standard InChI is InChI=1S/C16H18N4O3S2/c21-14(11-8-24-20-19-11)18-16-13(10-4-1-5-12(10)25-16)15(22)17-7-9-3-2-6-23-9/h8-9H,1-7H2,(H,17,22)(H,18,21)/t9-/m1/s1. The van der Waals surface area contributed by atoms with Crippen molar-refractivity contribution in [3.63, 3.8) is 0 Å². The van der Waals surface area contributed by atoms with Crippen LogP contribution in [0, 0.1) is 0 Å². The van der Waals surface area contributed by atoms with Gasteiger partial charge in [0.15, 0.2) is 5.69 Å². The zero-order valence-corrected chi connectivity index (χ0v) is 15.2. The van der Waals surface area contributed by atoms with Gasteiger partial charge in [0, 0.05) is 23.4 Å². The summed E-state index contributed by atoms with van der Waals surface area (Å²) in [6.45, 7) is 1.27. The van der Waals surface area contributed by atoms with E-state index in [1.807, 2.05) is 0 Å². The third kappa shape index (κ3) is 3.44. The van der Waals surface area contributed by atoms with Gasteiger partial charge in [0.2, 0.25) is 0 Å². The van der Waals surface area contributed by atoms with Crippen LogP contribution in [0.25, 0.3) is 0 Å². The monoisotopic (exact) mass is 378 g/mol. The summed E-state index contributed by atoms with van der Waals surface area (Å²) in [6.07, 6.45) is 5.00. The zero-order chi connectivity index (χ0) is 17.2. The number of aryl methyl sites for hydroxylation is 1. The van der Waals surface area contributed by atoms with Gasteiger partial charge >= 0.3 is 0 Å². The number of rotatable bonds is 5. The first kappa shape index (κ1) is 16.6. The molecule has 2 amide bonds. The minimum atomic E-state index is -0.332. The number of fused-ring (bicyclic) bond motifs is 1. The van der Waals surface area contributed by atoms with Crippen LogP contribution in [0.2, 0.25) is 0 Å². The summed E-state index contributed by atoms with van der Waals surface area (Å²) in [5.41, 5.74) is 1.94. The number of thiophene rings is 1. The second-order valence-electron chi connectivity index (χ2n) is 6.15. The second-order valence-corrected chi connectivity index (χ2v) is 7.87. The van der Waals surface area contributed by atoms with Gasteiger partial charge < -0.3 is 15.4 Å². The first-order chi connectivity index (χ1) is 12.2. The van der Waals surface area contributed by atoms with Crippen molar-refractivity contribution >= 4 is 39.7 Å². The fourth-order valence-electron chi connectivity index (χ4n) is 3.26. The lowest BCUT2D eigenvalue weighted by molar-refractivity contribution is 0.0858. The Bertz CT molecular complexity index is 782. The first-order valence-corrected chi connectivity index (χ1v) is 10.0. The van der Waals surface area contributed by atoms with Gasteiger partial charge in [-0.25, -0.2) is 0 Å². The third-order valence-electron chi connectivity index (χ3n) is 4.48. The van der Waals surface area contributed by atoms with Gasteiger partial charge in [0.1, 0.15) is 5.00 Å². The van der Waals surface area contributed by atoms with Crippen LogP contribution in [0.3, 0.4) is 0 Å². The van der Waals surface area contributed by atoms with Crippen molar-refractivity contribution in [1.82, 2.24) is 14.9 Å². The molecule has 0 aromatic carbocycles. The van der Waals surface area contributed by atoms with Crippen molar-refractivity contribution < 1.29 is 14.3 Å². The van der Waals surface area contributed by atoms with Gasteiger partial charge in [-0.3, -0.25) is 9.59 Å². The van der Waals surface area contributed by atoms with Crippen LogP contribution in [0.15, 0.2) is 5.38 Å². The number of ether oxygens (including phenoxy) is 1. The Balaban J connectivity index is 1.53. The Morgan fingerprint density at radius 1 is 1.28 bits per heavy atom. The highest BCUT2D eigenvalue weighted by atomic mass is 32.1. The van der Waals surface area contributed by atoms with Crippen molar-refractivity contribution in [2.75, 3.05) is 18.5 Å². The molecule has 1 saturated heterocycles. The van der Waals surface area contributed by atoms with Gasteiger partial charge in [-0.15, -0.1) is 16.4 Å². The highest BCUT2D eigenvalue weighted by Gasteiger charge is 2.28. The topological polar surface area (TPSA) is 93.2 Å². The molecule has 132 valence electrons. The molecule has 2 aliphatic rings. The van der Waals surface area contributed by atoms with Crippen molar-refractivity contribution in [2.45, 2.75) is 38.2 Å². The summed E-state index contributed by atoms with van der Waals surface area (Å²) in [4.78, 5) is 26.3. The Hall–Kier alpha value is -1.84. The van der Waals surface area contributed by atoms with Crippen LogP contribution in [-0.2, 0) is 17.6 Å². The SMILES string of the molecule is O=C(Nc1sc2c(c1C(=O)NC[C@H]1CCCO1)CCC2)c1csnn1. The van der Waals surface area contributed by atoms with E-state index in [4.69, 9.17) is 4.74 Å². The quantitative estimate of drug-likeness (QED) is 0.832. The lowest BCUT2D eigenvalue weighted by Gasteiger charge is -2.12. The van der Waals surface area contributed by atoms with Gasteiger partial charge in [-0.1, -0.05) is 4.49 Å². The molecule has 1 fully saturated rings. The van der Waals surface area contributed by atoms with Crippen molar-refractivity contribution in [1.29, 1.82) is 0 Å². The average Bonchev–Trinajstić information content (AvgIpc) is 3.35. The lowest BCUT2D eigenvalue weighted by Crippen LogP contribution is -2.32. The van der Waals surface area contributed by atoms with Crippen molar-refractivity contribution in [3.8, 4) is 0 Å². The number of carbonyl (C=O) groups is 2. The van der Waals surface area contributed by atoms with Gasteiger partial charge in [-0.05, 0) is 49.2 Å². The maximum absolute atomic E-state index is 12.8. The van der Waals surface area contributed by atoms with E-state index in [1.54, 1.807) is 5.38 Å². The third-order valence-corrected chi connectivity index (χ3v) is 6.19. The maximum Gasteiger partial charge on any atom is 0.277 e. The van der Waals surface area contributed by atoms with Gasteiger partial charge in [-0.2, -0.15) is 0 Å². The minimum absolute atomic E-state index is 0.0924. The molecule has 9 heteroatoms. The predicted octanol–water partition coefficient (Wildman–Crippen LogP) is 2.25. The molecule has 0 saturated carbocycles. The summed E-state index contributed by atoms with van der Waals surface area (Å²) in [7, 11) is 0. The van der Waals surface area contributed by atoms with Crippen LogP contribution in [0.5, 0.6) is 0 Å². The predicted molar refractivity (Wildman–Crippen MR) is 95.5 cm³/mol. The number of anilines is 1. The minimum Gasteiger partial charge on any atom is -0.376 e. The fraction of sp³-hybridized carbons (Fsp3) is 0.500. The van der Waals surface area contributed by atoms with Crippen LogP contribution in [-0.4, -0.2) is 40.7 Å². The van der Waals surface area contributed by atoms with E-state index in [1.165, 1.54) is 16.2 Å². The first-order valence-electron chi connectivity index (χ1n) is 8.35. The molecular formula is C16H18N4O3S2. The van der Waals surface area contributed by atoms with Crippen LogP contribution < -0.4 is 10.6 Å². The van der Waals surface area contributed by atoms with Gasteiger partial charge in [0.25, 0.3) is 11.8 Å². The molecule has 4 rings (SSSR count). The smallest absolute Gasteiger partial charge is 0.277 e. The molecule has 1 aliphatic carbocycles. The molecule has 1 aliphatic heterocycles. The highest BCUT2D eigenvalue weighted by Crippen LogP contribution is 2.39. The van der Waals surface area contributed by atoms with Crippen molar-refractivity contribution in [3.05, 3.63) is 27.1 Å². The molecule has 7 nitrogen and oxygen atoms in total. The van der Waals surface area contributed by atoms with E-state index >= 15 is 0 Å². The molecule has 0 unspecified atom stereocenters. The number of carbonyl (C=O) groups excluding carboxylic acids is 2. The van der Waals surface area contributed by atoms with E-state index in [2.05, 4.69) is 20.2 Å². The number of nitrogens with zero attached hydrogens (tertiary/aromatic N) is 2. The lowest BCUT2D eigenvalue weighted by atomic mass is 10.1. The van der Waals surface area contributed by atoms with Crippen LogP contribution in [0.4, 0.5) is 5.00 Å². The number of aromatic nitrogens is 2.